The van der Waals surface area contributed by atoms with Gasteiger partial charge >= 0.3 is 0 Å². The predicted molar refractivity (Wildman–Crippen MR) is 91.1 cm³/mol. The maximum Gasteiger partial charge on any atom is 0.264 e. The smallest absolute Gasteiger partial charge is 0.264 e. The highest BCUT2D eigenvalue weighted by atomic mass is 32.2. The molecule has 6 N–H and O–H groups in total. The summed E-state index contributed by atoms with van der Waals surface area (Å²) in [5.41, 5.74) is 0. The predicted octanol–water partition coefficient (Wildman–Crippen LogP) is -1.60. The van der Waals surface area contributed by atoms with Gasteiger partial charge in [0.2, 0.25) is 0 Å². The van der Waals surface area contributed by atoms with Crippen LogP contribution < -0.4 is 0 Å². The van der Waals surface area contributed by atoms with Crippen molar-refractivity contribution in [2.24, 2.45) is 0 Å². The van der Waals surface area contributed by atoms with Crippen molar-refractivity contribution in [1.82, 2.24) is 0 Å². The Morgan fingerprint density at radius 3 is 0.920 bits per heavy atom. The van der Waals surface area contributed by atoms with E-state index in [-0.39, 0.29) is 36.9 Å². The Labute approximate surface area is 148 Å². The van der Waals surface area contributed by atoms with Crippen LogP contribution >= 0.6 is 0 Å². The lowest BCUT2D eigenvalue weighted by atomic mass is 10.3. The van der Waals surface area contributed by atoms with Crippen LogP contribution in [0.1, 0.15) is 27.2 Å². The summed E-state index contributed by atoms with van der Waals surface area (Å²) in [7, 11) is -11.0. The van der Waals surface area contributed by atoms with Gasteiger partial charge in [-0.15, -0.1) is 0 Å². The van der Waals surface area contributed by atoms with E-state index in [1.807, 2.05) is 0 Å². The highest BCUT2D eigenvalue weighted by molar-refractivity contribution is 7.86. The van der Waals surface area contributed by atoms with Crippen molar-refractivity contribution in [1.29, 1.82) is 0 Å². The van der Waals surface area contributed by atoms with Crippen molar-refractivity contribution in [3.05, 3.63) is 0 Å². The molecule has 0 rings (SSSR count). The Kier molecular flexibility index (Phi) is 22.0. The molecule has 0 aromatic rings. The molecule has 0 saturated heterocycles. The highest BCUT2D eigenvalue weighted by Gasteiger charge is 1.97. The molecule has 0 saturated carbocycles. The minimum absolute atomic E-state index is 0.0677. The van der Waals surface area contributed by atoms with Crippen LogP contribution in [0, 0.1) is 0 Å². The van der Waals surface area contributed by atoms with Crippen LogP contribution in [0.4, 0.5) is 0 Å². The summed E-state index contributed by atoms with van der Waals surface area (Å²) in [6, 6.07) is 0. The maximum absolute atomic E-state index is 9.56. The molecule has 0 aromatic heterocycles. The van der Waals surface area contributed by atoms with Crippen molar-refractivity contribution in [2.75, 3.05) is 30.5 Å². The van der Waals surface area contributed by atoms with Gasteiger partial charge in [0.05, 0.1) is 30.0 Å². The average Bonchev–Trinajstić information content (AvgIpc) is 2.47. The lowest BCUT2D eigenvalue weighted by molar-refractivity contribution is 0.0721. The normalized spacial score (nSPS) is 12.4. The monoisotopic (exact) mass is 436 g/mol. The minimum Gasteiger partial charge on any atom is -0.396 e. The van der Waals surface area contributed by atoms with E-state index >= 15 is 0 Å². The molecule has 0 aliphatic heterocycles. The molecule has 0 radical (unpaired) electrons. The lowest BCUT2D eigenvalue weighted by Gasteiger charge is -2.00. The lowest BCUT2D eigenvalue weighted by Crippen LogP contribution is -2.12. The van der Waals surface area contributed by atoms with Crippen molar-refractivity contribution in [3.8, 4) is 0 Å². The molecule has 0 aromatic carbocycles. The Bertz CT molecular complexity index is 503. The zero-order chi connectivity index (χ0) is 21.3. The molecular weight excluding hydrogens is 408 g/mol. The molecule has 0 aliphatic rings. The van der Waals surface area contributed by atoms with Crippen LogP contribution in [0.15, 0.2) is 0 Å². The second-order valence-corrected chi connectivity index (χ2v) is 9.18. The Hall–Kier alpha value is -0.390. The zero-order valence-electron chi connectivity index (χ0n) is 14.2. The molecule has 0 spiro atoms. The van der Waals surface area contributed by atoms with Crippen molar-refractivity contribution < 1.29 is 54.2 Å². The summed E-state index contributed by atoms with van der Waals surface area (Å²) in [5, 5.41) is 24.6. The molecule has 0 aliphatic carbocycles. The molecule has 0 amide bonds. The maximum atomic E-state index is 9.56. The van der Waals surface area contributed by atoms with Crippen LogP contribution in [0.2, 0.25) is 0 Å². The third-order valence-electron chi connectivity index (χ3n) is 1.77. The Balaban J connectivity index is -0.000000118. The summed E-state index contributed by atoms with van der Waals surface area (Å²) in [6.07, 6.45) is -0.485. The van der Waals surface area contributed by atoms with E-state index in [2.05, 4.69) is 0 Å². The molecule has 158 valence electrons. The molecule has 12 nitrogen and oxygen atoms in total. The van der Waals surface area contributed by atoms with E-state index in [0.29, 0.717) is 0 Å². The first-order valence-electron chi connectivity index (χ1n) is 6.74. The molecule has 15 heteroatoms. The molecular formula is C10H28O12S3. The van der Waals surface area contributed by atoms with Gasteiger partial charge in [-0.1, -0.05) is 0 Å². The van der Waals surface area contributed by atoms with Gasteiger partial charge in [0, 0.05) is 6.61 Å². The van der Waals surface area contributed by atoms with Crippen molar-refractivity contribution in [2.45, 2.75) is 33.3 Å². The van der Waals surface area contributed by atoms with Gasteiger partial charge < -0.3 is 15.3 Å². The largest absolute Gasteiger partial charge is 0.396 e. The van der Waals surface area contributed by atoms with E-state index in [9.17, 15) is 25.3 Å². The van der Waals surface area contributed by atoms with E-state index < -0.39 is 36.5 Å². The number of hydrogen-bond acceptors (Lipinski definition) is 9. The van der Waals surface area contributed by atoms with E-state index in [1.54, 1.807) is 0 Å². The molecule has 1 atom stereocenters. The summed E-state index contributed by atoms with van der Waals surface area (Å²) in [5.74, 6) is -0.604. The third-order valence-corrected chi connectivity index (χ3v) is 3.96. The fraction of sp³-hybridized carbons (Fsp3) is 1.00. The summed E-state index contributed by atoms with van der Waals surface area (Å²) in [6.45, 7) is 3.78. The second kappa shape index (κ2) is 17.0. The minimum atomic E-state index is -3.66. The SMILES string of the molecule is CCS(=O)(=O)O.CCS(=O)(=O)O.CCS(=O)(=O)O.OCCC(O)CO. The van der Waals surface area contributed by atoms with Crippen LogP contribution in [-0.4, -0.2) is 90.8 Å². The van der Waals surface area contributed by atoms with Crippen LogP contribution in [-0.2, 0) is 30.4 Å². The fourth-order valence-corrected chi connectivity index (χ4v) is 0.240. The number of rotatable bonds is 6. The molecule has 1 unspecified atom stereocenters. The van der Waals surface area contributed by atoms with Gasteiger partial charge in [0.25, 0.3) is 30.4 Å². The van der Waals surface area contributed by atoms with E-state index in [0.717, 1.165) is 0 Å². The molecule has 0 bridgehead atoms. The third kappa shape index (κ3) is 59.5. The zero-order valence-corrected chi connectivity index (χ0v) is 16.6. The topological polar surface area (TPSA) is 224 Å². The Morgan fingerprint density at radius 2 is 0.880 bits per heavy atom. The molecule has 0 fully saturated rings. The number of aliphatic hydroxyl groups is 3. The van der Waals surface area contributed by atoms with Gasteiger partial charge in [-0.3, -0.25) is 13.7 Å². The summed E-state index contributed by atoms with van der Waals surface area (Å²) in [4.78, 5) is 0. The second-order valence-electron chi connectivity index (χ2n) is 3.96. The Morgan fingerprint density at radius 1 is 0.680 bits per heavy atom. The fourth-order valence-electron chi connectivity index (χ4n) is 0.240. The van der Waals surface area contributed by atoms with Gasteiger partial charge in [-0.05, 0) is 27.2 Å². The number of hydrogen-bond donors (Lipinski definition) is 6. The first-order chi connectivity index (χ1) is 11.0. The first-order valence-corrected chi connectivity index (χ1v) is 11.6. The summed E-state index contributed by atoms with van der Waals surface area (Å²) < 4.78 is 80.7. The van der Waals surface area contributed by atoms with Crippen molar-refractivity contribution >= 4 is 30.4 Å². The van der Waals surface area contributed by atoms with Gasteiger partial charge in [0.1, 0.15) is 0 Å². The van der Waals surface area contributed by atoms with Gasteiger partial charge in [-0.2, -0.15) is 25.3 Å². The molecule has 0 heterocycles. The highest BCUT2D eigenvalue weighted by Crippen LogP contribution is 1.84. The average molecular weight is 437 g/mol. The van der Waals surface area contributed by atoms with Crippen molar-refractivity contribution in [3.63, 3.8) is 0 Å². The van der Waals surface area contributed by atoms with Gasteiger partial charge in [-0.25, -0.2) is 0 Å². The van der Waals surface area contributed by atoms with Crippen LogP contribution in [0.5, 0.6) is 0 Å². The molecule has 25 heavy (non-hydrogen) atoms. The quantitative estimate of drug-likeness (QED) is 0.259. The van der Waals surface area contributed by atoms with E-state index in [4.69, 9.17) is 29.0 Å². The van der Waals surface area contributed by atoms with Gasteiger partial charge in [0.15, 0.2) is 0 Å². The number of aliphatic hydroxyl groups excluding tert-OH is 3. The van der Waals surface area contributed by atoms with Crippen LogP contribution in [0.25, 0.3) is 0 Å². The van der Waals surface area contributed by atoms with E-state index in [1.165, 1.54) is 20.8 Å². The first kappa shape index (κ1) is 32.3. The summed E-state index contributed by atoms with van der Waals surface area (Å²) >= 11 is 0. The van der Waals surface area contributed by atoms with Crippen LogP contribution in [0.3, 0.4) is 0 Å². The standard InChI is InChI=1S/C4H10O3.3C2H6O3S/c5-2-1-4(7)3-6;3*1-2-6(3,4)5/h4-7H,1-3H2;3*2H2,1H3,(H,3,4,5).